The van der Waals surface area contributed by atoms with E-state index in [4.69, 9.17) is 9.97 Å². The molecule has 2 aliphatic carbocycles. The fraction of sp³-hybridized carbons (Fsp3) is 0.577. The Morgan fingerprint density at radius 1 is 0.571 bits per heavy atom. The van der Waals surface area contributed by atoms with Gasteiger partial charge in [-0.05, 0) is 123 Å². The summed E-state index contributed by atoms with van der Waals surface area (Å²) in [4.78, 5) is 51.7. The van der Waals surface area contributed by atoms with E-state index in [0.29, 0.717) is 38.8 Å². The number of fused-ring (bicyclic) bond motifs is 2. The molecular formula is C52H67N7O4. The predicted molar refractivity (Wildman–Crippen MR) is 247 cm³/mol. The van der Waals surface area contributed by atoms with Crippen molar-refractivity contribution in [1.29, 1.82) is 0 Å². The molecule has 3 saturated heterocycles. The number of aliphatic hydroxyl groups is 2. The minimum absolute atomic E-state index is 0.0367. The van der Waals surface area contributed by atoms with Crippen LogP contribution in [0.4, 0.5) is 5.69 Å². The third-order valence-corrected chi connectivity index (χ3v) is 15.6. The lowest BCUT2D eigenvalue weighted by Crippen LogP contribution is -2.48. The van der Waals surface area contributed by atoms with Gasteiger partial charge in [-0.15, -0.1) is 0 Å². The molecule has 5 heterocycles. The van der Waals surface area contributed by atoms with Gasteiger partial charge in [-0.2, -0.15) is 0 Å². The highest BCUT2D eigenvalue weighted by molar-refractivity contribution is 5.87. The first-order chi connectivity index (χ1) is 30.4. The van der Waals surface area contributed by atoms with Crippen molar-refractivity contribution >= 4 is 39.6 Å². The maximum absolute atomic E-state index is 13.9. The predicted octanol–water partition coefficient (Wildman–Crippen LogP) is 10.3. The minimum Gasteiger partial charge on any atom is -0.380 e. The largest absolute Gasteiger partial charge is 0.380 e. The van der Waals surface area contributed by atoms with Gasteiger partial charge in [0.15, 0.2) is 0 Å². The third-order valence-electron chi connectivity index (χ3n) is 15.6. The van der Waals surface area contributed by atoms with E-state index >= 15 is 0 Å². The van der Waals surface area contributed by atoms with Crippen molar-refractivity contribution < 1.29 is 19.8 Å². The number of imidazole rings is 2. The van der Waals surface area contributed by atoms with Crippen molar-refractivity contribution in [3.8, 4) is 0 Å². The number of anilines is 1. The van der Waals surface area contributed by atoms with E-state index in [9.17, 15) is 19.8 Å². The number of nitrogens with zero attached hydrogens (tertiary/aromatic N) is 5. The molecule has 4 N–H and O–H groups in total. The Morgan fingerprint density at radius 3 is 1.41 bits per heavy atom. The number of benzene rings is 3. The molecule has 2 saturated carbocycles. The number of hydrogen-bond acceptors (Lipinski definition) is 7. The molecule has 5 aromatic rings. The topological polar surface area (TPSA) is 142 Å². The molecule has 0 spiro atoms. The van der Waals surface area contributed by atoms with Crippen molar-refractivity contribution in [2.24, 2.45) is 0 Å². The van der Waals surface area contributed by atoms with Gasteiger partial charge >= 0.3 is 0 Å². The first-order valence-corrected chi connectivity index (χ1v) is 24.3. The number of rotatable bonds is 7. The second kappa shape index (κ2) is 16.7. The van der Waals surface area contributed by atoms with E-state index < -0.39 is 11.2 Å². The number of likely N-dealkylation sites (tertiary alicyclic amines) is 2. The van der Waals surface area contributed by atoms with Crippen LogP contribution in [-0.2, 0) is 15.0 Å². The van der Waals surface area contributed by atoms with Crippen LogP contribution in [0.1, 0.15) is 189 Å². The van der Waals surface area contributed by atoms with Crippen molar-refractivity contribution in [3.63, 3.8) is 0 Å². The van der Waals surface area contributed by atoms with Gasteiger partial charge in [0.25, 0.3) is 11.8 Å². The fourth-order valence-electron chi connectivity index (χ4n) is 12.0. The van der Waals surface area contributed by atoms with Crippen LogP contribution in [0.2, 0.25) is 0 Å². The highest BCUT2D eigenvalue weighted by Crippen LogP contribution is 2.48. The number of hydrogen-bond donors (Lipinski definition) is 4. The van der Waals surface area contributed by atoms with Crippen molar-refractivity contribution in [3.05, 3.63) is 89.0 Å². The van der Waals surface area contributed by atoms with E-state index in [-0.39, 0.29) is 41.4 Å². The second-order valence-electron chi connectivity index (χ2n) is 20.8. The van der Waals surface area contributed by atoms with E-state index in [1.165, 1.54) is 22.4 Å². The molecule has 11 heteroatoms. The zero-order valence-corrected chi connectivity index (χ0v) is 37.7. The first-order valence-electron chi connectivity index (χ1n) is 24.3. The number of H-pyrrole nitrogens is 2. The third kappa shape index (κ3) is 7.95. The molecule has 3 aromatic carbocycles. The van der Waals surface area contributed by atoms with Crippen LogP contribution in [0.5, 0.6) is 0 Å². The van der Waals surface area contributed by atoms with Gasteiger partial charge in [-0.1, -0.05) is 96.4 Å². The van der Waals surface area contributed by atoms with E-state index in [0.717, 1.165) is 124 Å². The van der Waals surface area contributed by atoms with Gasteiger partial charge in [-0.3, -0.25) is 9.59 Å². The van der Waals surface area contributed by atoms with Crippen molar-refractivity contribution in [2.75, 3.05) is 18.0 Å². The lowest BCUT2D eigenvalue weighted by Gasteiger charge is -2.34. The average molecular weight is 854 g/mol. The number of amides is 2. The van der Waals surface area contributed by atoms with Gasteiger partial charge in [0.2, 0.25) is 0 Å². The van der Waals surface area contributed by atoms with Gasteiger partial charge in [0.1, 0.15) is 22.9 Å². The summed E-state index contributed by atoms with van der Waals surface area (Å²) in [6.07, 6.45) is 15.4. The highest BCUT2D eigenvalue weighted by atomic mass is 16.3. The molecule has 5 aliphatic rings. The van der Waals surface area contributed by atoms with Crippen LogP contribution in [0.15, 0.2) is 60.7 Å². The molecular weight excluding hydrogens is 787 g/mol. The second-order valence-corrected chi connectivity index (χ2v) is 20.8. The molecule has 2 aromatic heterocycles. The van der Waals surface area contributed by atoms with Gasteiger partial charge in [0.05, 0.1) is 46.2 Å². The van der Waals surface area contributed by atoms with E-state index in [2.05, 4.69) is 96.3 Å². The molecule has 0 unspecified atom stereocenters. The van der Waals surface area contributed by atoms with Crippen LogP contribution >= 0.6 is 0 Å². The molecule has 2 amide bonds. The molecule has 334 valence electrons. The summed E-state index contributed by atoms with van der Waals surface area (Å²) in [5, 5.41) is 23.1. The van der Waals surface area contributed by atoms with Crippen molar-refractivity contribution in [2.45, 2.75) is 177 Å². The summed E-state index contributed by atoms with van der Waals surface area (Å²) in [5.74, 6) is 1.37. The SMILES string of the molecule is CC(C)(C)c1ccc(N2[C@H](c3ccc4nc([C@H]5CCCN5C(=O)C5(O)CCCCCC5)[nH]c4c3)CC[C@H]2c2ccc3nc([C@H]4CCCN4C(=O)C4(O)CCCCCC4)[nH]c3c2)cc1. The summed E-state index contributed by atoms with van der Waals surface area (Å²) in [7, 11) is 0. The van der Waals surface area contributed by atoms with Crippen LogP contribution in [-0.4, -0.2) is 76.1 Å². The Morgan fingerprint density at radius 2 is 1.00 bits per heavy atom. The monoisotopic (exact) mass is 854 g/mol. The summed E-state index contributed by atoms with van der Waals surface area (Å²) in [6, 6.07) is 22.2. The molecule has 5 fully saturated rings. The maximum Gasteiger partial charge on any atom is 0.255 e. The highest BCUT2D eigenvalue weighted by Gasteiger charge is 2.46. The molecule has 10 rings (SSSR count). The van der Waals surface area contributed by atoms with Crippen LogP contribution < -0.4 is 4.90 Å². The summed E-state index contributed by atoms with van der Waals surface area (Å²) in [5.41, 5.74) is 6.14. The first kappa shape index (κ1) is 42.2. The summed E-state index contributed by atoms with van der Waals surface area (Å²) < 4.78 is 0. The zero-order chi connectivity index (χ0) is 43.5. The number of aromatic amines is 2. The van der Waals surface area contributed by atoms with E-state index in [1.54, 1.807) is 0 Å². The number of aromatic nitrogens is 4. The van der Waals surface area contributed by atoms with Crippen LogP contribution in [0.3, 0.4) is 0 Å². The zero-order valence-electron chi connectivity index (χ0n) is 37.7. The molecule has 4 atom stereocenters. The van der Waals surface area contributed by atoms with Gasteiger partial charge in [-0.25, -0.2) is 9.97 Å². The lowest BCUT2D eigenvalue weighted by molar-refractivity contribution is -0.154. The minimum atomic E-state index is -1.27. The number of carbonyl (C=O) groups is 2. The molecule has 3 aliphatic heterocycles. The summed E-state index contributed by atoms with van der Waals surface area (Å²) in [6.45, 7) is 8.06. The fourth-order valence-corrected chi connectivity index (χ4v) is 12.0. The van der Waals surface area contributed by atoms with Gasteiger partial charge < -0.3 is 34.9 Å². The van der Waals surface area contributed by atoms with Gasteiger partial charge in [0, 0.05) is 18.8 Å². The number of nitrogens with one attached hydrogen (secondary N) is 2. The quantitative estimate of drug-likeness (QED) is 0.119. The smallest absolute Gasteiger partial charge is 0.255 e. The normalized spacial score (nSPS) is 25.5. The van der Waals surface area contributed by atoms with Crippen LogP contribution in [0.25, 0.3) is 22.1 Å². The van der Waals surface area contributed by atoms with Crippen molar-refractivity contribution in [1.82, 2.24) is 29.7 Å². The van der Waals surface area contributed by atoms with E-state index in [1.807, 2.05) is 9.80 Å². The molecule has 63 heavy (non-hydrogen) atoms. The Hall–Kier alpha value is -4.74. The molecule has 0 radical (unpaired) electrons. The number of carbonyl (C=O) groups excluding carboxylic acids is 2. The Bertz CT molecular complexity index is 2310. The molecule has 11 nitrogen and oxygen atoms in total. The van der Waals surface area contributed by atoms with Crippen LogP contribution in [0, 0.1) is 0 Å². The maximum atomic E-state index is 13.9. The molecule has 0 bridgehead atoms. The Labute approximate surface area is 372 Å². The summed E-state index contributed by atoms with van der Waals surface area (Å²) >= 11 is 0. The Balaban J connectivity index is 0.941. The average Bonchev–Trinajstić information content (AvgIpc) is 4.12. The lowest BCUT2D eigenvalue weighted by atomic mass is 9.87. The Kier molecular flexibility index (Phi) is 11.2. The standard InChI is InChI=1S/C52H67N7O4/c1-50(2,3)36-18-20-37(21-19-36)59-42(34-16-22-38-40(32-34)55-46(53-38)44-14-12-30-57(44)48(60)51(62)26-8-4-5-9-27-51)24-25-43(59)35-17-23-39-41(33-35)56-47(54-39)45-15-13-31-58(45)49(61)52(63)28-10-6-7-11-29-52/h16-23,32-33,42-45,62-63H,4-15,24-31H2,1-3H3,(H,53,55)(H,54,56)/t42-,43-,44+,45+/m0/s1.